The van der Waals surface area contributed by atoms with Crippen molar-refractivity contribution in [1.82, 2.24) is 25.4 Å². The largest absolute Gasteiger partial charge is 0.367 e. The van der Waals surface area contributed by atoms with Gasteiger partial charge < -0.3 is 10.2 Å². The zero-order valence-electron chi connectivity index (χ0n) is 16.8. The highest BCUT2D eigenvalue weighted by Crippen LogP contribution is 2.49. The van der Waals surface area contributed by atoms with Crippen molar-refractivity contribution in [3.05, 3.63) is 29.8 Å². The Morgan fingerprint density at radius 3 is 2.67 bits per heavy atom. The standard InChI is InChI=1S/C20H26ClN9/c21-16-10-26-20(27-11-16)29-7-2-14(3-8-29)17-9-15(17)1-4-23-18-19(25-6-5-24-18)30-13-22-12-28-30/h5-6,10-12,14-15,17H,1-4,7-9,13H2,(H,22,28)(H,23,24)/t15-,17-/m1/s1. The molecule has 2 aromatic heterocycles. The molecule has 0 amide bonds. The number of aliphatic imine (C=N–C) groups is 1. The summed E-state index contributed by atoms with van der Waals surface area (Å²) in [6, 6.07) is 0. The van der Waals surface area contributed by atoms with Crippen LogP contribution in [0.2, 0.25) is 5.02 Å². The van der Waals surface area contributed by atoms with Crippen LogP contribution >= 0.6 is 11.6 Å². The van der Waals surface area contributed by atoms with E-state index in [1.807, 2.05) is 5.01 Å². The molecule has 2 atom stereocenters. The molecule has 2 aliphatic heterocycles. The van der Waals surface area contributed by atoms with Gasteiger partial charge >= 0.3 is 0 Å². The van der Waals surface area contributed by atoms with E-state index in [9.17, 15) is 0 Å². The monoisotopic (exact) mass is 427 g/mol. The molecular formula is C20H26ClN9. The Kier molecular flexibility index (Phi) is 5.52. The average molecular weight is 428 g/mol. The topological polar surface area (TPSA) is 94.5 Å². The first-order chi connectivity index (χ1) is 14.8. The first-order valence-electron chi connectivity index (χ1n) is 10.6. The van der Waals surface area contributed by atoms with E-state index in [4.69, 9.17) is 11.6 Å². The van der Waals surface area contributed by atoms with Gasteiger partial charge in [-0.1, -0.05) is 11.6 Å². The lowest BCUT2D eigenvalue weighted by Crippen LogP contribution is -2.35. The van der Waals surface area contributed by atoms with E-state index in [1.54, 1.807) is 31.1 Å². The molecule has 2 N–H and O–H groups in total. The van der Waals surface area contributed by atoms with Crippen LogP contribution in [0.1, 0.15) is 25.7 Å². The minimum atomic E-state index is 0.553. The molecule has 5 rings (SSSR count). The molecule has 9 nitrogen and oxygen atoms in total. The summed E-state index contributed by atoms with van der Waals surface area (Å²) in [6.45, 7) is 3.53. The SMILES string of the molecule is Clc1cnc(N2CCC([C@H]3C[C@H]3CCNc3nccnc3N3CN=CN3)CC2)nc1. The minimum Gasteiger partial charge on any atom is -0.367 e. The zero-order valence-corrected chi connectivity index (χ0v) is 17.5. The van der Waals surface area contributed by atoms with Gasteiger partial charge in [-0.3, -0.25) is 10.4 Å². The number of hydrazine groups is 1. The van der Waals surface area contributed by atoms with Gasteiger partial charge in [0.2, 0.25) is 5.95 Å². The Morgan fingerprint density at radius 2 is 1.90 bits per heavy atom. The lowest BCUT2D eigenvalue weighted by molar-refractivity contribution is 0.343. The number of nitrogens with one attached hydrogen (secondary N) is 2. The molecule has 30 heavy (non-hydrogen) atoms. The highest BCUT2D eigenvalue weighted by molar-refractivity contribution is 6.30. The Morgan fingerprint density at radius 1 is 1.10 bits per heavy atom. The molecule has 0 unspecified atom stereocenters. The second kappa shape index (κ2) is 8.59. The van der Waals surface area contributed by atoms with Crippen LogP contribution in [-0.2, 0) is 0 Å². The van der Waals surface area contributed by atoms with Crippen LogP contribution in [0.4, 0.5) is 17.6 Å². The average Bonchev–Trinajstić information content (AvgIpc) is 3.34. The van der Waals surface area contributed by atoms with E-state index < -0.39 is 0 Å². The predicted octanol–water partition coefficient (Wildman–Crippen LogP) is 2.59. The summed E-state index contributed by atoms with van der Waals surface area (Å²) < 4.78 is 0. The van der Waals surface area contributed by atoms with Gasteiger partial charge in [-0.2, -0.15) is 0 Å². The zero-order chi connectivity index (χ0) is 20.3. The third kappa shape index (κ3) is 4.26. The molecule has 158 valence electrons. The minimum absolute atomic E-state index is 0.553. The van der Waals surface area contributed by atoms with Crippen LogP contribution in [0.25, 0.3) is 0 Å². The van der Waals surface area contributed by atoms with Gasteiger partial charge in [0.1, 0.15) is 13.0 Å². The highest BCUT2D eigenvalue weighted by Gasteiger charge is 2.43. The summed E-state index contributed by atoms with van der Waals surface area (Å²) in [5, 5.41) is 5.94. The summed E-state index contributed by atoms with van der Waals surface area (Å²) in [4.78, 5) is 24.0. The van der Waals surface area contributed by atoms with Gasteiger partial charge in [0, 0.05) is 32.0 Å². The molecule has 10 heteroatoms. The van der Waals surface area contributed by atoms with Crippen molar-refractivity contribution in [2.45, 2.75) is 25.7 Å². The molecule has 4 heterocycles. The Balaban J connectivity index is 1.06. The van der Waals surface area contributed by atoms with Crippen molar-refractivity contribution >= 4 is 35.5 Å². The Labute approximate surface area is 181 Å². The number of halogens is 1. The smallest absolute Gasteiger partial charge is 0.225 e. The van der Waals surface area contributed by atoms with Gasteiger partial charge in [-0.05, 0) is 43.4 Å². The van der Waals surface area contributed by atoms with Crippen LogP contribution in [0.3, 0.4) is 0 Å². The highest BCUT2D eigenvalue weighted by atomic mass is 35.5. The van der Waals surface area contributed by atoms with Gasteiger partial charge in [0.25, 0.3) is 0 Å². The molecule has 1 saturated carbocycles. The number of rotatable bonds is 7. The fourth-order valence-electron chi connectivity index (χ4n) is 4.61. The number of piperidine rings is 1. The van der Waals surface area contributed by atoms with Crippen LogP contribution in [-0.4, -0.2) is 52.6 Å². The van der Waals surface area contributed by atoms with Crippen molar-refractivity contribution in [2.24, 2.45) is 22.7 Å². The third-order valence-electron chi connectivity index (χ3n) is 6.28. The third-order valence-corrected chi connectivity index (χ3v) is 6.48. The summed E-state index contributed by atoms with van der Waals surface area (Å²) in [7, 11) is 0. The molecule has 2 fully saturated rings. The Hall–Kier alpha value is -2.68. The van der Waals surface area contributed by atoms with Crippen molar-refractivity contribution in [3.63, 3.8) is 0 Å². The molecule has 2 aromatic rings. The summed E-state index contributed by atoms with van der Waals surface area (Å²) in [5.41, 5.74) is 3.07. The van der Waals surface area contributed by atoms with Crippen LogP contribution in [0, 0.1) is 17.8 Å². The van der Waals surface area contributed by atoms with E-state index in [1.165, 1.54) is 25.7 Å². The van der Waals surface area contributed by atoms with Crippen molar-refractivity contribution in [1.29, 1.82) is 0 Å². The maximum absolute atomic E-state index is 5.89. The summed E-state index contributed by atoms with van der Waals surface area (Å²) in [6.07, 6.45) is 13.4. The fraction of sp³-hybridized carbons (Fsp3) is 0.550. The first kappa shape index (κ1) is 19.3. The van der Waals surface area contributed by atoms with Gasteiger partial charge in [0.15, 0.2) is 11.6 Å². The number of hydrogen-bond donors (Lipinski definition) is 2. The lowest BCUT2D eigenvalue weighted by atomic mass is 9.90. The first-order valence-corrected chi connectivity index (χ1v) is 10.9. The second-order valence-electron chi connectivity index (χ2n) is 8.14. The van der Waals surface area contributed by atoms with E-state index in [2.05, 4.69) is 40.6 Å². The number of anilines is 3. The molecule has 3 aliphatic rings. The molecule has 0 aromatic carbocycles. The summed E-state index contributed by atoms with van der Waals surface area (Å²) in [5.74, 6) is 4.89. The van der Waals surface area contributed by atoms with Gasteiger partial charge in [0.05, 0.1) is 17.4 Å². The molecule has 0 radical (unpaired) electrons. The Bertz CT molecular complexity index is 874. The number of aromatic nitrogens is 4. The quantitative estimate of drug-likeness (QED) is 0.696. The molecule has 0 spiro atoms. The maximum atomic E-state index is 5.89. The number of nitrogens with zero attached hydrogens (tertiary/aromatic N) is 7. The van der Waals surface area contributed by atoms with E-state index in [0.717, 1.165) is 55.0 Å². The van der Waals surface area contributed by atoms with Crippen LogP contribution in [0.5, 0.6) is 0 Å². The fourth-order valence-corrected chi connectivity index (χ4v) is 4.71. The van der Waals surface area contributed by atoms with Crippen molar-refractivity contribution in [3.8, 4) is 0 Å². The normalized spacial score (nSPS) is 23.5. The molecule has 1 saturated heterocycles. The van der Waals surface area contributed by atoms with Crippen LogP contribution in [0.15, 0.2) is 29.8 Å². The maximum Gasteiger partial charge on any atom is 0.225 e. The van der Waals surface area contributed by atoms with Crippen molar-refractivity contribution < 1.29 is 0 Å². The van der Waals surface area contributed by atoms with E-state index in [0.29, 0.717) is 11.7 Å². The molecule has 1 aliphatic carbocycles. The van der Waals surface area contributed by atoms with E-state index >= 15 is 0 Å². The molecule has 0 bridgehead atoms. The van der Waals surface area contributed by atoms with Crippen LogP contribution < -0.4 is 20.7 Å². The predicted molar refractivity (Wildman–Crippen MR) is 118 cm³/mol. The summed E-state index contributed by atoms with van der Waals surface area (Å²) >= 11 is 5.89. The lowest BCUT2D eigenvalue weighted by Gasteiger charge is -2.32. The van der Waals surface area contributed by atoms with Gasteiger partial charge in [-0.15, -0.1) is 0 Å². The number of hydrogen-bond acceptors (Lipinski definition) is 9. The van der Waals surface area contributed by atoms with Gasteiger partial charge in [-0.25, -0.2) is 24.9 Å². The van der Waals surface area contributed by atoms with E-state index in [-0.39, 0.29) is 0 Å². The second-order valence-corrected chi connectivity index (χ2v) is 8.58. The molecular weight excluding hydrogens is 402 g/mol. The van der Waals surface area contributed by atoms with Crippen molar-refractivity contribution in [2.75, 3.05) is 41.5 Å².